The van der Waals surface area contributed by atoms with Crippen LogP contribution in [0.2, 0.25) is 0 Å². The maximum Gasteiger partial charge on any atom is 0.275 e. The highest BCUT2D eigenvalue weighted by atomic mass is 32.1. The van der Waals surface area contributed by atoms with Crippen LogP contribution in [0, 0.1) is 0 Å². The Morgan fingerprint density at radius 3 is 2.59 bits per heavy atom. The Morgan fingerprint density at radius 1 is 1.14 bits per heavy atom. The standard InChI is InChI=1S/C16H20N4OS/c21-16(15-13-22-18-17-15)20-11-9-19(10-12-20)8-4-7-14-5-2-1-3-6-14/h1-3,5-6,13H,4,7-12H2. The van der Waals surface area contributed by atoms with Gasteiger partial charge in [-0.05, 0) is 36.5 Å². The number of hydrogen-bond donors (Lipinski definition) is 0. The van der Waals surface area contributed by atoms with Gasteiger partial charge in [0.2, 0.25) is 0 Å². The molecule has 0 radical (unpaired) electrons. The van der Waals surface area contributed by atoms with Gasteiger partial charge in [0.25, 0.3) is 5.91 Å². The van der Waals surface area contributed by atoms with Gasteiger partial charge in [-0.1, -0.05) is 34.8 Å². The Morgan fingerprint density at radius 2 is 1.91 bits per heavy atom. The van der Waals surface area contributed by atoms with Gasteiger partial charge in [-0.25, -0.2) is 0 Å². The summed E-state index contributed by atoms with van der Waals surface area (Å²) in [7, 11) is 0. The van der Waals surface area contributed by atoms with Crippen molar-refractivity contribution in [1.82, 2.24) is 19.4 Å². The average Bonchev–Trinajstić information content (AvgIpc) is 3.10. The predicted octanol–water partition coefficient (Wildman–Crippen LogP) is 1.93. The first-order valence-corrected chi connectivity index (χ1v) is 8.49. The molecule has 22 heavy (non-hydrogen) atoms. The van der Waals surface area contributed by atoms with Gasteiger partial charge < -0.3 is 4.90 Å². The molecule has 5 nitrogen and oxygen atoms in total. The molecule has 1 fully saturated rings. The molecule has 2 aromatic rings. The number of benzene rings is 1. The summed E-state index contributed by atoms with van der Waals surface area (Å²) in [6.45, 7) is 4.54. The molecule has 116 valence electrons. The highest BCUT2D eigenvalue weighted by Crippen LogP contribution is 2.09. The van der Waals surface area contributed by atoms with Crippen molar-refractivity contribution in [1.29, 1.82) is 0 Å². The van der Waals surface area contributed by atoms with Crippen molar-refractivity contribution >= 4 is 17.4 Å². The molecule has 3 rings (SSSR count). The molecule has 2 heterocycles. The third-order valence-corrected chi connectivity index (χ3v) is 4.53. The summed E-state index contributed by atoms with van der Waals surface area (Å²) in [5.41, 5.74) is 1.87. The monoisotopic (exact) mass is 316 g/mol. The van der Waals surface area contributed by atoms with Crippen molar-refractivity contribution in [2.45, 2.75) is 12.8 Å². The molecule has 1 saturated heterocycles. The molecule has 0 unspecified atom stereocenters. The lowest BCUT2D eigenvalue weighted by atomic mass is 10.1. The van der Waals surface area contributed by atoms with E-state index in [2.05, 4.69) is 44.8 Å². The predicted molar refractivity (Wildman–Crippen MR) is 87.0 cm³/mol. The molecule has 0 saturated carbocycles. The lowest BCUT2D eigenvalue weighted by Crippen LogP contribution is -2.49. The second-order valence-corrected chi connectivity index (χ2v) is 6.12. The van der Waals surface area contributed by atoms with E-state index in [0.29, 0.717) is 5.69 Å². The third kappa shape index (κ3) is 3.90. The fourth-order valence-electron chi connectivity index (χ4n) is 2.75. The lowest BCUT2D eigenvalue weighted by Gasteiger charge is -2.34. The smallest absolute Gasteiger partial charge is 0.275 e. The topological polar surface area (TPSA) is 49.3 Å². The minimum Gasteiger partial charge on any atom is -0.335 e. The zero-order chi connectivity index (χ0) is 15.2. The fourth-order valence-corrected chi connectivity index (χ4v) is 3.18. The van der Waals surface area contributed by atoms with Gasteiger partial charge in [0.05, 0.1) is 0 Å². The molecule has 1 aliphatic rings. The first-order valence-electron chi connectivity index (χ1n) is 7.65. The second-order valence-electron chi connectivity index (χ2n) is 5.51. The maximum atomic E-state index is 12.2. The van der Waals surface area contributed by atoms with E-state index in [-0.39, 0.29) is 5.91 Å². The van der Waals surface area contributed by atoms with Crippen molar-refractivity contribution in [3.8, 4) is 0 Å². The Balaban J connectivity index is 1.39. The molecule has 0 spiro atoms. The van der Waals surface area contributed by atoms with Crippen LogP contribution in [-0.4, -0.2) is 58.0 Å². The number of carbonyl (C=O) groups is 1. The van der Waals surface area contributed by atoms with E-state index in [1.54, 1.807) is 5.38 Å². The quantitative estimate of drug-likeness (QED) is 0.846. The van der Waals surface area contributed by atoms with Gasteiger partial charge in [0, 0.05) is 31.6 Å². The van der Waals surface area contributed by atoms with Gasteiger partial charge in [-0.3, -0.25) is 9.69 Å². The highest BCUT2D eigenvalue weighted by molar-refractivity contribution is 7.03. The fraction of sp³-hybridized carbons (Fsp3) is 0.438. The van der Waals surface area contributed by atoms with Crippen LogP contribution >= 0.6 is 11.5 Å². The second kappa shape index (κ2) is 7.47. The van der Waals surface area contributed by atoms with Crippen molar-refractivity contribution in [3.05, 3.63) is 47.0 Å². The zero-order valence-electron chi connectivity index (χ0n) is 12.5. The number of rotatable bonds is 5. The first-order chi connectivity index (χ1) is 10.8. The number of carbonyl (C=O) groups excluding carboxylic acids is 1. The van der Waals surface area contributed by atoms with E-state index in [4.69, 9.17) is 0 Å². The Labute approximate surface area is 134 Å². The van der Waals surface area contributed by atoms with Crippen molar-refractivity contribution in [3.63, 3.8) is 0 Å². The van der Waals surface area contributed by atoms with E-state index in [9.17, 15) is 4.79 Å². The largest absolute Gasteiger partial charge is 0.335 e. The van der Waals surface area contributed by atoms with Gasteiger partial charge in [0.15, 0.2) is 5.69 Å². The van der Waals surface area contributed by atoms with Crippen LogP contribution < -0.4 is 0 Å². The van der Waals surface area contributed by atoms with Crippen molar-refractivity contribution in [2.24, 2.45) is 0 Å². The molecule has 0 atom stereocenters. The van der Waals surface area contributed by atoms with Gasteiger partial charge in [0.1, 0.15) is 0 Å². The third-order valence-electron chi connectivity index (χ3n) is 4.02. The number of aryl methyl sites for hydroxylation is 1. The van der Waals surface area contributed by atoms with Gasteiger partial charge >= 0.3 is 0 Å². The SMILES string of the molecule is O=C(c1csnn1)N1CCN(CCCc2ccccc2)CC1. The van der Waals surface area contributed by atoms with E-state index < -0.39 is 0 Å². The Hall–Kier alpha value is -1.79. The summed E-state index contributed by atoms with van der Waals surface area (Å²) in [4.78, 5) is 16.5. The number of nitrogens with zero attached hydrogens (tertiary/aromatic N) is 4. The number of hydrogen-bond acceptors (Lipinski definition) is 5. The molecule has 1 aliphatic heterocycles. The van der Waals surface area contributed by atoms with E-state index in [1.807, 2.05) is 4.90 Å². The van der Waals surface area contributed by atoms with Gasteiger partial charge in [-0.15, -0.1) is 5.10 Å². The lowest BCUT2D eigenvalue weighted by molar-refractivity contribution is 0.0630. The van der Waals surface area contributed by atoms with Crippen LogP contribution in [-0.2, 0) is 6.42 Å². The molecule has 6 heteroatoms. The van der Waals surface area contributed by atoms with E-state index >= 15 is 0 Å². The molecular weight excluding hydrogens is 296 g/mol. The summed E-state index contributed by atoms with van der Waals surface area (Å²) < 4.78 is 3.76. The molecule has 0 bridgehead atoms. The summed E-state index contributed by atoms with van der Waals surface area (Å²) in [5.74, 6) is 0.0117. The number of piperazine rings is 1. The molecule has 1 aromatic heterocycles. The van der Waals surface area contributed by atoms with Crippen molar-refractivity contribution in [2.75, 3.05) is 32.7 Å². The summed E-state index contributed by atoms with van der Waals surface area (Å²) >= 11 is 1.22. The first kappa shape index (κ1) is 15.1. The molecular formula is C16H20N4OS. The number of amides is 1. The van der Waals surface area contributed by atoms with E-state index in [0.717, 1.165) is 45.6 Å². The van der Waals surface area contributed by atoms with Crippen LogP contribution in [0.3, 0.4) is 0 Å². The van der Waals surface area contributed by atoms with Crippen LogP contribution in [0.5, 0.6) is 0 Å². The molecule has 1 aromatic carbocycles. The molecule has 1 amide bonds. The maximum absolute atomic E-state index is 12.2. The van der Waals surface area contributed by atoms with Crippen LogP contribution in [0.4, 0.5) is 0 Å². The molecule has 0 N–H and O–H groups in total. The minimum absolute atomic E-state index is 0.0117. The highest BCUT2D eigenvalue weighted by Gasteiger charge is 2.23. The normalized spacial score (nSPS) is 15.9. The van der Waals surface area contributed by atoms with Crippen LogP contribution in [0.1, 0.15) is 22.5 Å². The zero-order valence-corrected chi connectivity index (χ0v) is 13.3. The van der Waals surface area contributed by atoms with Crippen molar-refractivity contribution < 1.29 is 4.79 Å². The van der Waals surface area contributed by atoms with Gasteiger partial charge in [-0.2, -0.15) is 0 Å². The average molecular weight is 316 g/mol. The summed E-state index contributed by atoms with van der Waals surface area (Å²) in [5, 5.41) is 5.57. The minimum atomic E-state index is 0.0117. The summed E-state index contributed by atoms with van der Waals surface area (Å²) in [6, 6.07) is 10.6. The van der Waals surface area contributed by atoms with Crippen LogP contribution in [0.25, 0.3) is 0 Å². The Kier molecular flexibility index (Phi) is 5.13. The van der Waals surface area contributed by atoms with Crippen LogP contribution in [0.15, 0.2) is 35.7 Å². The Bertz CT molecular complexity index is 579. The summed E-state index contributed by atoms with van der Waals surface area (Å²) in [6.07, 6.45) is 2.28. The van der Waals surface area contributed by atoms with E-state index in [1.165, 1.54) is 17.1 Å². The molecule has 0 aliphatic carbocycles. The number of aromatic nitrogens is 2.